The zero-order valence-electron chi connectivity index (χ0n) is 8.88. The molecule has 3 heteroatoms. The van der Waals surface area contributed by atoms with Gasteiger partial charge in [0.25, 0.3) is 0 Å². The van der Waals surface area contributed by atoms with Crippen molar-refractivity contribution in [2.24, 2.45) is 0 Å². The second-order valence-corrected chi connectivity index (χ2v) is 3.25. The van der Waals surface area contributed by atoms with E-state index in [1.54, 1.807) is 25.3 Å². The molecule has 0 aliphatic heterocycles. The molecule has 0 N–H and O–H groups in total. The molecule has 0 radical (unpaired) electrons. The predicted molar refractivity (Wildman–Crippen MR) is 62.0 cm³/mol. The standard InChI is InChI=1S/C13H11NO2/c1-2-9-16-13(15)11-7-8-14-12-6-4-3-5-10(11)12/h2-9H,1H3. The number of benzene rings is 1. The van der Waals surface area contributed by atoms with Crippen LogP contribution in [0.5, 0.6) is 0 Å². The van der Waals surface area contributed by atoms with Gasteiger partial charge in [-0.3, -0.25) is 4.98 Å². The summed E-state index contributed by atoms with van der Waals surface area (Å²) in [7, 11) is 0. The summed E-state index contributed by atoms with van der Waals surface area (Å²) in [6.45, 7) is 1.79. The number of fused-ring (bicyclic) bond motifs is 1. The SMILES string of the molecule is CC=COC(=O)c1ccnc2ccccc12. The maximum Gasteiger partial charge on any atom is 0.343 e. The van der Waals surface area contributed by atoms with Crippen molar-refractivity contribution < 1.29 is 9.53 Å². The third-order valence-electron chi connectivity index (χ3n) is 2.18. The molecule has 0 amide bonds. The Labute approximate surface area is 93.4 Å². The highest BCUT2D eigenvalue weighted by Gasteiger charge is 2.10. The monoisotopic (exact) mass is 213 g/mol. The number of esters is 1. The van der Waals surface area contributed by atoms with E-state index < -0.39 is 0 Å². The number of aromatic nitrogens is 1. The zero-order valence-corrected chi connectivity index (χ0v) is 8.88. The normalized spacial score (nSPS) is 10.8. The van der Waals surface area contributed by atoms with Gasteiger partial charge in [-0.15, -0.1) is 0 Å². The molecular weight excluding hydrogens is 202 g/mol. The van der Waals surface area contributed by atoms with Gasteiger partial charge < -0.3 is 4.74 Å². The van der Waals surface area contributed by atoms with E-state index in [1.165, 1.54) is 6.26 Å². The molecule has 2 rings (SSSR count). The Kier molecular flexibility index (Phi) is 2.96. The van der Waals surface area contributed by atoms with E-state index in [0.717, 1.165) is 10.9 Å². The van der Waals surface area contributed by atoms with Gasteiger partial charge in [-0.2, -0.15) is 0 Å². The average molecular weight is 213 g/mol. The van der Waals surface area contributed by atoms with Crippen LogP contribution in [-0.2, 0) is 4.74 Å². The van der Waals surface area contributed by atoms with Crippen LogP contribution in [0, 0.1) is 0 Å². The fourth-order valence-corrected chi connectivity index (χ4v) is 1.47. The first-order chi connectivity index (χ1) is 7.83. The van der Waals surface area contributed by atoms with Crippen LogP contribution in [0.1, 0.15) is 17.3 Å². The minimum Gasteiger partial charge on any atom is -0.431 e. The second-order valence-electron chi connectivity index (χ2n) is 3.25. The molecule has 1 aromatic carbocycles. The molecule has 1 aromatic heterocycles. The molecule has 0 saturated heterocycles. The molecule has 0 atom stereocenters. The van der Waals surface area contributed by atoms with Crippen LogP contribution in [0.15, 0.2) is 48.9 Å². The lowest BCUT2D eigenvalue weighted by Gasteiger charge is -2.03. The lowest BCUT2D eigenvalue weighted by Crippen LogP contribution is -2.01. The van der Waals surface area contributed by atoms with E-state index in [2.05, 4.69) is 4.98 Å². The van der Waals surface area contributed by atoms with Crippen molar-refractivity contribution in [2.75, 3.05) is 0 Å². The Morgan fingerprint density at radius 3 is 2.94 bits per heavy atom. The summed E-state index contributed by atoms with van der Waals surface area (Å²) in [6.07, 6.45) is 4.65. The van der Waals surface area contributed by atoms with Gasteiger partial charge in [0.1, 0.15) is 0 Å². The van der Waals surface area contributed by atoms with E-state index in [1.807, 2.05) is 24.3 Å². The summed E-state index contributed by atoms with van der Waals surface area (Å²) in [5, 5.41) is 0.805. The van der Waals surface area contributed by atoms with Crippen molar-refractivity contribution in [1.29, 1.82) is 0 Å². The molecule has 16 heavy (non-hydrogen) atoms. The Morgan fingerprint density at radius 1 is 1.31 bits per heavy atom. The maximum absolute atomic E-state index is 11.7. The molecule has 0 aliphatic rings. The Hall–Kier alpha value is -2.16. The number of hydrogen-bond acceptors (Lipinski definition) is 3. The lowest BCUT2D eigenvalue weighted by molar-refractivity contribution is 0.0664. The Bertz CT molecular complexity index is 541. The molecule has 0 spiro atoms. The van der Waals surface area contributed by atoms with Gasteiger partial charge in [-0.1, -0.05) is 24.3 Å². The zero-order chi connectivity index (χ0) is 11.4. The quantitative estimate of drug-likeness (QED) is 0.568. The highest BCUT2D eigenvalue weighted by molar-refractivity contribution is 6.03. The number of carbonyl (C=O) groups excluding carboxylic acids is 1. The van der Waals surface area contributed by atoms with Crippen LogP contribution in [0.3, 0.4) is 0 Å². The first kappa shape index (κ1) is 10.4. The van der Waals surface area contributed by atoms with Gasteiger partial charge in [0, 0.05) is 11.6 Å². The largest absolute Gasteiger partial charge is 0.431 e. The van der Waals surface area contributed by atoms with Crippen LogP contribution in [-0.4, -0.2) is 11.0 Å². The number of nitrogens with zero attached hydrogens (tertiary/aromatic N) is 1. The highest BCUT2D eigenvalue weighted by Crippen LogP contribution is 2.16. The molecule has 1 heterocycles. The molecule has 2 aromatic rings. The van der Waals surface area contributed by atoms with Gasteiger partial charge in [-0.25, -0.2) is 4.79 Å². The van der Waals surface area contributed by atoms with Crippen LogP contribution in [0.2, 0.25) is 0 Å². The van der Waals surface area contributed by atoms with Crippen LogP contribution in [0.25, 0.3) is 10.9 Å². The number of para-hydroxylation sites is 1. The fourth-order valence-electron chi connectivity index (χ4n) is 1.47. The number of pyridine rings is 1. The highest BCUT2D eigenvalue weighted by atomic mass is 16.5. The van der Waals surface area contributed by atoms with Crippen molar-refractivity contribution in [3.8, 4) is 0 Å². The van der Waals surface area contributed by atoms with E-state index in [-0.39, 0.29) is 5.97 Å². The second kappa shape index (κ2) is 4.57. The number of allylic oxidation sites excluding steroid dienone is 1. The molecule has 0 unspecified atom stereocenters. The maximum atomic E-state index is 11.7. The Balaban J connectivity index is 2.48. The van der Waals surface area contributed by atoms with Crippen molar-refractivity contribution in [2.45, 2.75) is 6.92 Å². The van der Waals surface area contributed by atoms with Gasteiger partial charge in [0.15, 0.2) is 0 Å². The van der Waals surface area contributed by atoms with Crippen LogP contribution < -0.4 is 0 Å². The Morgan fingerprint density at radius 2 is 2.12 bits per heavy atom. The molecule has 80 valence electrons. The van der Waals surface area contributed by atoms with Crippen molar-refractivity contribution in [1.82, 2.24) is 4.98 Å². The smallest absolute Gasteiger partial charge is 0.343 e. The fraction of sp³-hybridized carbons (Fsp3) is 0.0769. The predicted octanol–water partition coefficient (Wildman–Crippen LogP) is 2.93. The first-order valence-corrected chi connectivity index (χ1v) is 4.99. The summed E-state index contributed by atoms with van der Waals surface area (Å²) in [6, 6.07) is 9.14. The lowest BCUT2D eigenvalue weighted by atomic mass is 10.1. The van der Waals surface area contributed by atoms with E-state index >= 15 is 0 Å². The summed E-state index contributed by atoms with van der Waals surface area (Å²) >= 11 is 0. The van der Waals surface area contributed by atoms with E-state index in [9.17, 15) is 4.79 Å². The third-order valence-corrected chi connectivity index (χ3v) is 2.18. The summed E-state index contributed by atoms with van der Waals surface area (Å²) in [4.78, 5) is 15.9. The number of ether oxygens (including phenoxy) is 1. The molecule has 0 bridgehead atoms. The van der Waals surface area contributed by atoms with Gasteiger partial charge in [0.05, 0.1) is 17.3 Å². The topological polar surface area (TPSA) is 39.2 Å². The number of rotatable bonds is 2. The first-order valence-electron chi connectivity index (χ1n) is 4.99. The van der Waals surface area contributed by atoms with Gasteiger partial charge >= 0.3 is 5.97 Å². The molecule has 0 saturated carbocycles. The summed E-state index contributed by atoms with van der Waals surface area (Å²) < 4.78 is 4.94. The molecule has 0 aliphatic carbocycles. The van der Waals surface area contributed by atoms with Crippen molar-refractivity contribution in [3.05, 3.63) is 54.4 Å². The average Bonchev–Trinajstić information content (AvgIpc) is 2.35. The minimum absolute atomic E-state index is 0.364. The van der Waals surface area contributed by atoms with Crippen molar-refractivity contribution in [3.63, 3.8) is 0 Å². The minimum atomic E-state index is -0.364. The molecule has 0 fully saturated rings. The van der Waals surface area contributed by atoms with Crippen LogP contribution >= 0.6 is 0 Å². The number of hydrogen-bond donors (Lipinski definition) is 0. The van der Waals surface area contributed by atoms with Gasteiger partial charge in [-0.05, 0) is 19.1 Å². The molecule has 3 nitrogen and oxygen atoms in total. The van der Waals surface area contributed by atoms with E-state index in [0.29, 0.717) is 5.56 Å². The third kappa shape index (κ3) is 1.93. The summed E-state index contributed by atoms with van der Waals surface area (Å²) in [5.74, 6) is -0.364. The molecular formula is C13H11NO2. The number of carbonyl (C=O) groups is 1. The van der Waals surface area contributed by atoms with Crippen molar-refractivity contribution >= 4 is 16.9 Å². The van der Waals surface area contributed by atoms with E-state index in [4.69, 9.17) is 4.74 Å². The summed E-state index contributed by atoms with van der Waals surface area (Å²) in [5.41, 5.74) is 1.32. The van der Waals surface area contributed by atoms with Gasteiger partial charge in [0.2, 0.25) is 0 Å². The van der Waals surface area contributed by atoms with Crippen LogP contribution in [0.4, 0.5) is 0 Å².